The number of sulfonamides is 1. The number of carbonyl (C=O) groups is 1. The summed E-state index contributed by atoms with van der Waals surface area (Å²) in [7, 11) is -4.13. The zero-order valence-corrected chi connectivity index (χ0v) is 10.5. The smallest absolute Gasteiger partial charge is 0.406 e. The Hall–Kier alpha value is -1.85. The Bertz CT molecular complexity index is 570. The minimum Gasteiger partial charge on any atom is -0.406 e. The van der Waals surface area contributed by atoms with E-state index in [1.807, 2.05) is 0 Å². The molecule has 0 radical (unpaired) electrons. The van der Waals surface area contributed by atoms with Crippen LogP contribution in [-0.4, -0.2) is 27.3 Å². The first-order chi connectivity index (χ1) is 9.10. The maximum absolute atomic E-state index is 11.9. The third-order valence-electron chi connectivity index (χ3n) is 1.75. The Labute approximate surface area is 111 Å². The lowest BCUT2D eigenvalue weighted by atomic mass is 10.3. The fraction of sp³-hybridized carbons (Fsp3) is 0.222. The number of rotatable bonds is 6. The van der Waals surface area contributed by atoms with Gasteiger partial charge in [-0.25, -0.2) is 8.42 Å². The van der Waals surface area contributed by atoms with Gasteiger partial charge in [0.25, 0.3) is 10.0 Å². The topological polar surface area (TPSA) is 108 Å². The van der Waals surface area contributed by atoms with E-state index in [-0.39, 0.29) is 4.90 Å². The zero-order valence-electron chi connectivity index (χ0n) is 9.68. The van der Waals surface area contributed by atoms with Gasteiger partial charge in [-0.3, -0.25) is 9.63 Å². The second kappa shape index (κ2) is 6.07. The molecule has 0 saturated carbocycles. The predicted molar refractivity (Wildman–Crippen MR) is 58.6 cm³/mol. The second-order valence-electron chi connectivity index (χ2n) is 3.36. The molecule has 0 bridgehead atoms. The summed E-state index contributed by atoms with van der Waals surface area (Å²) in [6, 6.07) is 3.38. The maximum atomic E-state index is 11.9. The van der Waals surface area contributed by atoms with Gasteiger partial charge in [0.2, 0.25) is 5.91 Å². The first-order valence-corrected chi connectivity index (χ1v) is 6.36. The van der Waals surface area contributed by atoms with Gasteiger partial charge in [0.05, 0.1) is 4.90 Å². The van der Waals surface area contributed by atoms with Crippen LogP contribution in [0.15, 0.2) is 29.2 Å². The van der Waals surface area contributed by atoms with E-state index in [1.54, 1.807) is 4.89 Å². The highest BCUT2D eigenvalue weighted by Gasteiger charge is 2.31. The Balaban J connectivity index is 2.74. The van der Waals surface area contributed by atoms with E-state index < -0.39 is 34.6 Å². The monoisotopic (exact) mass is 314 g/mol. The van der Waals surface area contributed by atoms with Gasteiger partial charge in [0.15, 0.2) is 0 Å². The fourth-order valence-electron chi connectivity index (χ4n) is 1.05. The molecule has 20 heavy (non-hydrogen) atoms. The molecule has 0 fully saturated rings. The summed E-state index contributed by atoms with van der Waals surface area (Å²) in [5, 5.41) is 0. The molecule has 1 aromatic rings. The van der Waals surface area contributed by atoms with Crippen molar-refractivity contribution in [2.24, 2.45) is 5.73 Å². The highest BCUT2D eigenvalue weighted by molar-refractivity contribution is 7.89. The first-order valence-electron chi connectivity index (χ1n) is 4.88. The zero-order chi connectivity index (χ0) is 15.4. The molecule has 0 atom stereocenters. The van der Waals surface area contributed by atoms with Crippen LogP contribution in [0, 0.1) is 0 Å². The summed E-state index contributed by atoms with van der Waals surface area (Å²) in [6.07, 6.45) is -4.87. The van der Waals surface area contributed by atoms with Crippen molar-refractivity contribution in [3.05, 3.63) is 24.3 Å². The molecular formula is C9H9F3N2O5S. The van der Waals surface area contributed by atoms with Crippen LogP contribution >= 0.6 is 0 Å². The van der Waals surface area contributed by atoms with Crippen molar-refractivity contribution >= 4 is 15.9 Å². The maximum Gasteiger partial charge on any atom is 0.573 e. The van der Waals surface area contributed by atoms with Crippen LogP contribution in [0.4, 0.5) is 13.2 Å². The van der Waals surface area contributed by atoms with Crippen LogP contribution in [0.1, 0.15) is 0 Å². The van der Waals surface area contributed by atoms with E-state index in [2.05, 4.69) is 9.57 Å². The summed E-state index contributed by atoms with van der Waals surface area (Å²) in [5.74, 6) is -1.48. The lowest BCUT2D eigenvalue weighted by Crippen LogP contribution is -2.29. The van der Waals surface area contributed by atoms with Crippen LogP contribution in [0.5, 0.6) is 5.75 Å². The van der Waals surface area contributed by atoms with Crippen molar-refractivity contribution < 1.29 is 36.0 Å². The Kier molecular flexibility index (Phi) is 4.92. The second-order valence-corrected chi connectivity index (χ2v) is 5.01. The van der Waals surface area contributed by atoms with E-state index in [0.717, 1.165) is 24.3 Å². The van der Waals surface area contributed by atoms with Gasteiger partial charge in [-0.2, -0.15) is 0 Å². The van der Waals surface area contributed by atoms with E-state index in [4.69, 9.17) is 5.73 Å². The number of carbonyl (C=O) groups excluding carboxylic acids is 1. The van der Waals surface area contributed by atoms with E-state index in [1.165, 1.54) is 0 Å². The summed E-state index contributed by atoms with van der Waals surface area (Å²) in [4.78, 5) is 15.8. The Morgan fingerprint density at radius 3 is 2.25 bits per heavy atom. The van der Waals surface area contributed by atoms with E-state index in [0.29, 0.717) is 0 Å². The first kappa shape index (κ1) is 16.2. The van der Waals surface area contributed by atoms with Crippen molar-refractivity contribution in [3.63, 3.8) is 0 Å². The number of amides is 1. The number of hydrogen-bond acceptors (Lipinski definition) is 5. The highest BCUT2D eigenvalue weighted by atomic mass is 32.2. The van der Waals surface area contributed by atoms with Gasteiger partial charge >= 0.3 is 6.36 Å². The summed E-state index contributed by atoms with van der Waals surface area (Å²) >= 11 is 0. The number of alkyl halides is 3. The fourth-order valence-corrected chi connectivity index (χ4v) is 1.85. The number of ether oxygens (including phenoxy) is 1. The SMILES string of the molecule is NC(=O)CONS(=O)(=O)c1ccc(OC(F)(F)F)cc1. The molecule has 0 heterocycles. The van der Waals surface area contributed by atoms with Crippen molar-refractivity contribution in [2.45, 2.75) is 11.3 Å². The van der Waals surface area contributed by atoms with Crippen molar-refractivity contribution in [1.29, 1.82) is 0 Å². The van der Waals surface area contributed by atoms with Crippen molar-refractivity contribution in [1.82, 2.24) is 4.89 Å². The van der Waals surface area contributed by atoms with Crippen LogP contribution < -0.4 is 15.4 Å². The molecule has 0 aromatic heterocycles. The molecule has 0 aliphatic heterocycles. The molecule has 1 aromatic carbocycles. The third-order valence-corrected chi connectivity index (χ3v) is 2.98. The largest absolute Gasteiger partial charge is 0.573 e. The molecule has 0 aliphatic rings. The third kappa shape index (κ3) is 5.42. The number of benzene rings is 1. The number of nitrogens with one attached hydrogen (secondary N) is 1. The molecule has 0 unspecified atom stereocenters. The Morgan fingerprint density at radius 1 is 1.25 bits per heavy atom. The molecule has 7 nitrogen and oxygen atoms in total. The Morgan fingerprint density at radius 2 is 1.80 bits per heavy atom. The molecule has 3 N–H and O–H groups in total. The van der Waals surface area contributed by atoms with E-state index >= 15 is 0 Å². The number of primary amides is 1. The number of hydrogen-bond donors (Lipinski definition) is 2. The van der Waals surface area contributed by atoms with Crippen LogP contribution in [0.3, 0.4) is 0 Å². The van der Waals surface area contributed by atoms with Gasteiger partial charge in [-0.05, 0) is 24.3 Å². The molecule has 11 heteroatoms. The molecule has 1 rings (SSSR count). The summed E-state index contributed by atoms with van der Waals surface area (Å²) in [6.45, 7) is -0.686. The molecular weight excluding hydrogens is 305 g/mol. The average molecular weight is 314 g/mol. The van der Waals surface area contributed by atoms with Gasteiger partial charge in [-0.15, -0.1) is 13.2 Å². The minimum atomic E-state index is -4.87. The van der Waals surface area contributed by atoms with Crippen LogP contribution in [0.2, 0.25) is 0 Å². The number of halogens is 3. The van der Waals surface area contributed by atoms with Gasteiger partial charge in [0.1, 0.15) is 12.4 Å². The summed E-state index contributed by atoms with van der Waals surface area (Å²) < 4.78 is 62.4. The normalized spacial score (nSPS) is 12.2. The molecule has 1 amide bonds. The molecule has 112 valence electrons. The van der Waals surface area contributed by atoms with Crippen molar-refractivity contribution in [3.8, 4) is 5.75 Å². The lowest BCUT2D eigenvalue weighted by molar-refractivity contribution is -0.274. The lowest BCUT2D eigenvalue weighted by Gasteiger charge is -2.09. The van der Waals surface area contributed by atoms with Crippen LogP contribution in [-0.2, 0) is 19.7 Å². The quantitative estimate of drug-likeness (QED) is 0.733. The average Bonchev–Trinajstić information content (AvgIpc) is 2.26. The number of nitrogens with two attached hydrogens (primary N) is 1. The highest BCUT2D eigenvalue weighted by Crippen LogP contribution is 2.23. The van der Waals surface area contributed by atoms with E-state index in [9.17, 15) is 26.4 Å². The van der Waals surface area contributed by atoms with Gasteiger partial charge in [-0.1, -0.05) is 4.89 Å². The summed E-state index contributed by atoms with van der Waals surface area (Å²) in [5.41, 5.74) is 4.72. The van der Waals surface area contributed by atoms with Crippen LogP contribution in [0.25, 0.3) is 0 Å². The van der Waals surface area contributed by atoms with Crippen molar-refractivity contribution in [2.75, 3.05) is 6.61 Å². The van der Waals surface area contributed by atoms with Gasteiger partial charge < -0.3 is 10.5 Å². The molecule has 0 aliphatic carbocycles. The molecule has 0 spiro atoms. The standard InChI is InChI=1S/C9H9F3N2O5S/c10-9(11,12)19-6-1-3-7(4-2-6)20(16,17)14-18-5-8(13)15/h1-4,14H,5H2,(H2,13,15). The predicted octanol–water partition coefficient (Wildman–Crippen LogP) is 0.280. The van der Waals surface area contributed by atoms with Gasteiger partial charge in [0, 0.05) is 0 Å². The minimum absolute atomic E-state index is 0.378. The molecule has 0 saturated heterocycles.